The van der Waals surface area contributed by atoms with Gasteiger partial charge in [-0.05, 0) is 36.1 Å². The van der Waals surface area contributed by atoms with Crippen molar-refractivity contribution < 1.29 is 0 Å². The van der Waals surface area contributed by atoms with Crippen LogP contribution in [0.1, 0.15) is 18.5 Å². The van der Waals surface area contributed by atoms with Crippen LogP contribution >= 0.6 is 34.5 Å². The monoisotopic (exact) mass is 338 g/mol. The number of aromatic nitrogens is 3. The van der Waals surface area contributed by atoms with E-state index in [1.807, 2.05) is 29.6 Å². The maximum Gasteiger partial charge on any atom is 0.138 e. The first-order chi connectivity index (χ1) is 10.1. The summed E-state index contributed by atoms with van der Waals surface area (Å²) in [7, 11) is 0. The zero-order valence-corrected chi connectivity index (χ0v) is 13.5. The first-order valence-corrected chi connectivity index (χ1v) is 7.92. The fraction of sp³-hybridized carbons (Fsp3) is 0.143. The van der Waals surface area contributed by atoms with Crippen molar-refractivity contribution >= 4 is 40.2 Å². The Morgan fingerprint density at radius 2 is 2.19 bits per heavy atom. The van der Waals surface area contributed by atoms with Gasteiger partial charge in [0.05, 0.1) is 15.0 Å². The second kappa shape index (κ2) is 6.05. The van der Waals surface area contributed by atoms with Crippen molar-refractivity contribution in [2.24, 2.45) is 0 Å². The van der Waals surface area contributed by atoms with E-state index in [2.05, 4.69) is 22.3 Å². The Balaban J connectivity index is 1.94. The molecule has 0 saturated carbocycles. The first kappa shape index (κ1) is 14.4. The molecule has 0 bridgehead atoms. The lowest BCUT2D eigenvalue weighted by atomic mass is 10.1. The normalized spacial score (nSPS) is 12.3. The van der Waals surface area contributed by atoms with Gasteiger partial charge in [-0.2, -0.15) is 5.10 Å². The quantitative estimate of drug-likeness (QED) is 0.742. The van der Waals surface area contributed by atoms with Gasteiger partial charge in [0.15, 0.2) is 0 Å². The predicted molar refractivity (Wildman–Crippen MR) is 87.7 cm³/mol. The second-order valence-corrected chi connectivity index (χ2v) is 6.48. The van der Waals surface area contributed by atoms with Crippen molar-refractivity contribution in [1.82, 2.24) is 14.8 Å². The Morgan fingerprint density at radius 3 is 2.86 bits per heavy atom. The second-order valence-electron chi connectivity index (χ2n) is 4.53. The van der Waals surface area contributed by atoms with E-state index in [4.69, 9.17) is 23.2 Å². The van der Waals surface area contributed by atoms with Crippen LogP contribution in [-0.4, -0.2) is 14.8 Å². The molecule has 0 saturated heterocycles. The molecule has 0 spiro atoms. The molecular formula is C14H12Cl2N4S. The molecule has 1 unspecified atom stereocenters. The van der Waals surface area contributed by atoms with Gasteiger partial charge in [-0.1, -0.05) is 29.3 Å². The van der Waals surface area contributed by atoms with Gasteiger partial charge in [-0.25, -0.2) is 9.67 Å². The van der Waals surface area contributed by atoms with Gasteiger partial charge >= 0.3 is 0 Å². The Labute approximate surface area is 136 Å². The zero-order chi connectivity index (χ0) is 14.8. The molecule has 3 aromatic rings. The SMILES string of the molecule is CC(Nc1cccc(Cl)c1-n1cncn1)c1csc(Cl)c1. The molecule has 2 heterocycles. The standard InChI is InChI=1S/C14H12Cl2N4S/c1-9(10-5-13(16)21-6-10)19-12-4-2-3-11(15)14(12)20-8-17-7-18-20/h2-9,19H,1H3. The first-order valence-electron chi connectivity index (χ1n) is 6.29. The molecule has 2 aromatic heterocycles. The highest BCUT2D eigenvalue weighted by Gasteiger charge is 2.14. The summed E-state index contributed by atoms with van der Waals surface area (Å²) >= 11 is 13.8. The van der Waals surface area contributed by atoms with Crippen LogP contribution in [0.15, 0.2) is 42.3 Å². The smallest absolute Gasteiger partial charge is 0.138 e. The number of halogens is 2. The molecule has 108 valence electrons. The highest BCUT2D eigenvalue weighted by Crippen LogP contribution is 2.32. The Bertz CT molecular complexity index is 739. The van der Waals surface area contributed by atoms with E-state index in [1.54, 1.807) is 11.0 Å². The molecule has 0 aliphatic heterocycles. The van der Waals surface area contributed by atoms with Crippen molar-refractivity contribution in [3.05, 3.63) is 57.2 Å². The molecule has 0 fully saturated rings. The van der Waals surface area contributed by atoms with Crippen molar-refractivity contribution in [2.75, 3.05) is 5.32 Å². The minimum absolute atomic E-state index is 0.106. The van der Waals surface area contributed by atoms with E-state index in [1.165, 1.54) is 17.7 Å². The van der Waals surface area contributed by atoms with Crippen molar-refractivity contribution in [3.63, 3.8) is 0 Å². The lowest BCUT2D eigenvalue weighted by Crippen LogP contribution is -2.09. The largest absolute Gasteiger partial charge is 0.377 e. The van der Waals surface area contributed by atoms with Gasteiger partial charge in [0, 0.05) is 6.04 Å². The van der Waals surface area contributed by atoms with E-state index in [9.17, 15) is 0 Å². The van der Waals surface area contributed by atoms with Crippen LogP contribution in [-0.2, 0) is 0 Å². The number of benzene rings is 1. The molecule has 1 atom stereocenters. The molecule has 0 radical (unpaired) electrons. The average Bonchev–Trinajstić information content (AvgIpc) is 3.10. The summed E-state index contributed by atoms with van der Waals surface area (Å²) in [4.78, 5) is 3.97. The maximum absolute atomic E-state index is 6.31. The summed E-state index contributed by atoms with van der Waals surface area (Å²) in [6, 6.07) is 7.76. The minimum Gasteiger partial charge on any atom is -0.377 e. The van der Waals surface area contributed by atoms with Gasteiger partial charge in [0.1, 0.15) is 18.3 Å². The molecule has 21 heavy (non-hydrogen) atoms. The predicted octanol–water partition coefficient (Wildman–Crippen LogP) is 4.81. The fourth-order valence-electron chi connectivity index (χ4n) is 2.06. The molecule has 0 aliphatic rings. The Hall–Kier alpha value is -1.56. The summed E-state index contributed by atoms with van der Waals surface area (Å²) in [5.41, 5.74) is 2.81. The van der Waals surface area contributed by atoms with Crippen LogP contribution in [0.4, 0.5) is 5.69 Å². The maximum atomic E-state index is 6.31. The van der Waals surface area contributed by atoms with E-state index in [-0.39, 0.29) is 6.04 Å². The highest BCUT2D eigenvalue weighted by atomic mass is 35.5. The molecule has 0 aliphatic carbocycles. The average molecular weight is 339 g/mol. The number of nitrogens with one attached hydrogen (secondary N) is 1. The van der Waals surface area contributed by atoms with Gasteiger partial charge < -0.3 is 5.32 Å². The lowest BCUT2D eigenvalue weighted by molar-refractivity contribution is 0.855. The summed E-state index contributed by atoms with van der Waals surface area (Å²) in [6.45, 7) is 2.07. The van der Waals surface area contributed by atoms with E-state index in [0.29, 0.717) is 5.02 Å². The summed E-state index contributed by atoms with van der Waals surface area (Å²) < 4.78 is 2.43. The van der Waals surface area contributed by atoms with Crippen LogP contribution in [0.5, 0.6) is 0 Å². The number of rotatable bonds is 4. The van der Waals surface area contributed by atoms with Crippen LogP contribution in [0.25, 0.3) is 5.69 Å². The van der Waals surface area contributed by atoms with E-state index >= 15 is 0 Å². The van der Waals surface area contributed by atoms with Crippen molar-refractivity contribution in [3.8, 4) is 5.69 Å². The molecule has 1 N–H and O–H groups in total. The number of para-hydroxylation sites is 1. The van der Waals surface area contributed by atoms with Crippen LogP contribution in [0.3, 0.4) is 0 Å². The molecule has 3 rings (SSSR count). The third-order valence-corrected chi connectivity index (χ3v) is 4.51. The molecule has 4 nitrogen and oxygen atoms in total. The third-order valence-electron chi connectivity index (χ3n) is 3.09. The van der Waals surface area contributed by atoms with Gasteiger partial charge in [0.2, 0.25) is 0 Å². The van der Waals surface area contributed by atoms with Gasteiger partial charge in [-0.15, -0.1) is 11.3 Å². The number of nitrogens with zero attached hydrogens (tertiary/aromatic N) is 3. The Morgan fingerprint density at radius 1 is 1.33 bits per heavy atom. The number of anilines is 1. The van der Waals surface area contributed by atoms with Crippen molar-refractivity contribution in [2.45, 2.75) is 13.0 Å². The van der Waals surface area contributed by atoms with E-state index in [0.717, 1.165) is 21.3 Å². The van der Waals surface area contributed by atoms with Crippen molar-refractivity contribution in [1.29, 1.82) is 0 Å². The number of hydrogen-bond acceptors (Lipinski definition) is 4. The van der Waals surface area contributed by atoms with Crippen LogP contribution in [0, 0.1) is 0 Å². The van der Waals surface area contributed by atoms with Gasteiger partial charge in [-0.3, -0.25) is 0 Å². The lowest BCUT2D eigenvalue weighted by Gasteiger charge is -2.18. The van der Waals surface area contributed by atoms with Crippen LogP contribution < -0.4 is 5.32 Å². The molecule has 0 amide bonds. The topological polar surface area (TPSA) is 42.7 Å². The molecule has 1 aromatic carbocycles. The summed E-state index contributed by atoms with van der Waals surface area (Å²) in [5, 5.41) is 10.3. The molecule has 7 heteroatoms. The van der Waals surface area contributed by atoms with Crippen LogP contribution in [0.2, 0.25) is 9.36 Å². The number of thiophene rings is 1. The highest BCUT2D eigenvalue weighted by molar-refractivity contribution is 7.14. The van der Waals surface area contributed by atoms with E-state index < -0.39 is 0 Å². The van der Waals surface area contributed by atoms with Gasteiger partial charge in [0.25, 0.3) is 0 Å². The molecular weight excluding hydrogens is 327 g/mol. The summed E-state index contributed by atoms with van der Waals surface area (Å²) in [6.07, 6.45) is 3.10. The number of hydrogen-bond donors (Lipinski definition) is 1. The third kappa shape index (κ3) is 3.05. The zero-order valence-electron chi connectivity index (χ0n) is 11.1. The fourth-order valence-corrected chi connectivity index (χ4v) is 3.30. The summed E-state index contributed by atoms with van der Waals surface area (Å²) in [5.74, 6) is 0. The minimum atomic E-state index is 0.106. The Kier molecular flexibility index (Phi) is 4.14.